The minimum atomic E-state index is -0.690. The van der Waals surface area contributed by atoms with E-state index >= 15 is 0 Å². The highest BCUT2D eigenvalue weighted by Gasteiger charge is 2.38. The van der Waals surface area contributed by atoms with Gasteiger partial charge < -0.3 is 24.8 Å². The number of nitrogens with zero attached hydrogens (tertiary/aromatic N) is 3. The van der Waals surface area contributed by atoms with Crippen molar-refractivity contribution in [2.45, 2.75) is 32.2 Å². The van der Waals surface area contributed by atoms with Gasteiger partial charge in [-0.1, -0.05) is 18.2 Å². The molecule has 2 aromatic rings. The zero-order valence-electron chi connectivity index (χ0n) is 18.7. The van der Waals surface area contributed by atoms with Crippen LogP contribution in [0.5, 0.6) is 0 Å². The predicted octanol–water partition coefficient (Wildman–Crippen LogP) is 1.71. The Kier molecular flexibility index (Phi) is 6.81. The Balaban J connectivity index is 1.24. The third-order valence-electron chi connectivity index (χ3n) is 6.19. The molecule has 2 aliphatic heterocycles. The Morgan fingerprint density at radius 1 is 1.09 bits per heavy atom. The fourth-order valence-electron chi connectivity index (χ4n) is 4.33. The molecule has 0 saturated carbocycles. The Hall–Kier alpha value is -3.56. The highest BCUT2D eigenvalue weighted by molar-refractivity contribution is 6.04. The van der Waals surface area contributed by atoms with Gasteiger partial charge in [-0.15, -0.1) is 0 Å². The van der Waals surface area contributed by atoms with Crippen molar-refractivity contribution in [3.63, 3.8) is 0 Å². The molecule has 3 heterocycles. The number of piperazine rings is 1. The average Bonchev–Trinajstić information content (AvgIpc) is 3.36. The number of hydrogen-bond acceptors (Lipinski definition) is 5. The lowest BCUT2D eigenvalue weighted by atomic mass is 10.1. The molecule has 5 amide bonds. The van der Waals surface area contributed by atoms with Crippen LogP contribution in [0.15, 0.2) is 30.5 Å². The monoisotopic (exact) mass is 455 g/mol. The molecule has 0 aliphatic carbocycles. The minimum absolute atomic E-state index is 0.0854. The van der Waals surface area contributed by atoms with Gasteiger partial charge in [-0.25, -0.2) is 9.59 Å². The lowest BCUT2D eigenvalue weighted by Crippen LogP contribution is -2.50. The summed E-state index contributed by atoms with van der Waals surface area (Å²) < 4.78 is 4.99. The second-order valence-electron chi connectivity index (χ2n) is 8.21. The molecule has 0 bridgehead atoms. The third kappa shape index (κ3) is 4.94. The van der Waals surface area contributed by atoms with Gasteiger partial charge >= 0.3 is 12.1 Å². The molecule has 176 valence electrons. The number of hydrogen-bond donors (Lipinski definition) is 2. The van der Waals surface area contributed by atoms with Gasteiger partial charge in [0.25, 0.3) is 5.91 Å². The average molecular weight is 456 g/mol. The summed E-state index contributed by atoms with van der Waals surface area (Å²) in [7, 11) is 0. The Morgan fingerprint density at radius 2 is 1.82 bits per heavy atom. The number of ether oxygens (including phenoxy) is 1. The van der Waals surface area contributed by atoms with E-state index in [-0.39, 0.29) is 37.3 Å². The van der Waals surface area contributed by atoms with Gasteiger partial charge in [0, 0.05) is 56.2 Å². The number of nitrogens with one attached hydrogen (secondary N) is 2. The molecule has 1 aromatic carbocycles. The maximum absolute atomic E-state index is 12.8. The summed E-state index contributed by atoms with van der Waals surface area (Å²) in [4.78, 5) is 57.2. The summed E-state index contributed by atoms with van der Waals surface area (Å²) in [6.07, 6.45) is 2.51. The molecule has 2 saturated heterocycles. The van der Waals surface area contributed by atoms with Crippen molar-refractivity contribution in [3.8, 4) is 0 Å². The minimum Gasteiger partial charge on any atom is -0.450 e. The van der Waals surface area contributed by atoms with Crippen molar-refractivity contribution in [1.29, 1.82) is 0 Å². The number of imide groups is 1. The lowest BCUT2D eigenvalue weighted by molar-refractivity contribution is -0.133. The van der Waals surface area contributed by atoms with E-state index in [4.69, 9.17) is 4.74 Å². The van der Waals surface area contributed by atoms with Crippen LogP contribution in [-0.2, 0) is 20.7 Å². The number of amides is 5. The number of urea groups is 1. The van der Waals surface area contributed by atoms with Gasteiger partial charge in [0.2, 0.25) is 5.91 Å². The molecule has 33 heavy (non-hydrogen) atoms. The van der Waals surface area contributed by atoms with E-state index in [1.807, 2.05) is 30.5 Å². The van der Waals surface area contributed by atoms with Crippen LogP contribution in [-0.4, -0.2) is 89.0 Å². The number of carbonyl (C=O) groups excluding carboxylic acids is 4. The van der Waals surface area contributed by atoms with E-state index in [2.05, 4.69) is 10.3 Å². The van der Waals surface area contributed by atoms with Crippen LogP contribution in [0.1, 0.15) is 25.3 Å². The molecule has 0 spiro atoms. The van der Waals surface area contributed by atoms with Gasteiger partial charge in [0.05, 0.1) is 6.61 Å². The van der Waals surface area contributed by atoms with Crippen LogP contribution < -0.4 is 5.32 Å². The SMILES string of the molecule is CCOC(=O)N1CCN(C(=O)CC[C@@H]2NC(=O)N(CCc3c[nH]c4ccccc34)C2=O)CC1. The number of benzene rings is 1. The van der Waals surface area contributed by atoms with E-state index < -0.39 is 12.1 Å². The summed E-state index contributed by atoms with van der Waals surface area (Å²) in [5.74, 6) is -0.377. The number of aromatic amines is 1. The predicted molar refractivity (Wildman–Crippen MR) is 120 cm³/mol. The molecule has 2 aliphatic rings. The van der Waals surface area contributed by atoms with Crippen LogP contribution in [0.3, 0.4) is 0 Å². The lowest BCUT2D eigenvalue weighted by Gasteiger charge is -2.34. The second kappa shape index (κ2) is 9.93. The number of fused-ring (bicyclic) bond motifs is 1. The van der Waals surface area contributed by atoms with Crippen molar-refractivity contribution in [1.82, 2.24) is 25.0 Å². The van der Waals surface area contributed by atoms with Crippen LogP contribution in [0, 0.1) is 0 Å². The molecular formula is C23H29N5O5. The third-order valence-corrected chi connectivity index (χ3v) is 6.19. The maximum atomic E-state index is 12.8. The molecule has 2 N–H and O–H groups in total. The Labute approximate surface area is 191 Å². The first-order valence-electron chi connectivity index (χ1n) is 11.3. The van der Waals surface area contributed by atoms with Crippen molar-refractivity contribution < 1.29 is 23.9 Å². The van der Waals surface area contributed by atoms with E-state index in [9.17, 15) is 19.2 Å². The van der Waals surface area contributed by atoms with E-state index in [1.54, 1.807) is 16.7 Å². The molecule has 0 radical (unpaired) electrons. The molecule has 4 rings (SSSR count). The zero-order valence-corrected chi connectivity index (χ0v) is 18.7. The first-order chi connectivity index (χ1) is 16.0. The quantitative estimate of drug-likeness (QED) is 0.617. The molecule has 10 heteroatoms. The second-order valence-corrected chi connectivity index (χ2v) is 8.21. The molecule has 1 aromatic heterocycles. The zero-order chi connectivity index (χ0) is 23.4. The maximum Gasteiger partial charge on any atom is 0.409 e. The highest BCUT2D eigenvalue weighted by Crippen LogP contribution is 2.20. The van der Waals surface area contributed by atoms with E-state index in [0.29, 0.717) is 39.2 Å². The fraction of sp³-hybridized carbons (Fsp3) is 0.478. The van der Waals surface area contributed by atoms with Crippen molar-refractivity contribution in [2.75, 3.05) is 39.3 Å². The normalized spacial score (nSPS) is 18.7. The van der Waals surface area contributed by atoms with Crippen molar-refractivity contribution in [3.05, 3.63) is 36.0 Å². The van der Waals surface area contributed by atoms with Crippen LogP contribution in [0.2, 0.25) is 0 Å². The first kappa shape index (κ1) is 22.6. The number of H-pyrrole nitrogens is 1. The first-order valence-corrected chi connectivity index (χ1v) is 11.3. The number of para-hydroxylation sites is 1. The van der Waals surface area contributed by atoms with Crippen LogP contribution >= 0.6 is 0 Å². The fourth-order valence-corrected chi connectivity index (χ4v) is 4.33. The summed E-state index contributed by atoms with van der Waals surface area (Å²) in [5.41, 5.74) is 2.07. The molecule has 0 unspecified atom stereocenters. The Bertz CT molecular complexity index is 1040. The summed E-state index contributed by atoms with van der Waals surface area (Å²) >= 11 is 0. The van der Waals surface area contributed by atoms with Crippen molar-refractivity contribution >= 4 is 34.8 Å². The van der Waals surface area contributed by atoms with Crippen LogP contribution in [0.4, 0.5) is 9.59 Å². The summed E-state index contributed by atoms with van der Waals surface area (Å²) in [5, 5.41) is 3.78. The standard InChI is InChI=1S/C23H29N5O5/c1-2-33-23(32)27-13-11-26(12-14-27)20(29)8-7-19-21(30)28(22(31)25-19)10-9-16-15-24-18-6-4-3-5-17(16)18/h3-6,15,19,24H,2,7-14H2,1H3,(H,25,31)/t19-/m0/s1. The smallest absolute Gasteiger partial charge is 0.409 e. The number of aromatic nitrogens is 1. The highest BCUT2D eigenvalue weighted by atomic mass is 16.6. The molecule has 10 nitrogen and oxygen atoms in total. The number of carbonyl (C=O) groups is 4. The van der Waals surface area contributed by atoms with Gasteiger partial charge in [-0.3, -0.25) is 14.5 Å². The molecule has 1 atom stereocenters. The largest absolute Gasteiger partial charge is 0.450 e. The molecular weight excluding hydrogens is 426 g/mol. The Morgan fingerprint density at radius 3 is 2.58 bits per heavy atom. The van der Waals surface area contributed by atoms with E-state index in [0.717, 1.165) is 16.5 Å². The van der Waals surface area contributed by atoms with E-state index in [1.165, 1.54) is 4.90 Å². The summed E-state index contributed by atoms with van der Waals surface area (Å²) in [6, 6.07) is 6.79. The topological polar surface area (TPSA) is 115 Å². The number of rotatable bonds is 7. The van der Waals surface area contributed by atoms with Crippen LogP contribution in [0.25, 0.3) is 10.9 Å². The summed E-state index contributed by atoms with van der Waals surface area (Å²) in [6.45, 7) is 4.06. The van der Waals surface area contributed by atoms with Gasteiger partial charge in [0.1, 0.15) is 6.04 Å². The van der Waals surface area contributed by atoms with Crippen molar-refractivity contribution in [2.24, 2.45) is 0 Å². The molecule has 2 fully saturated rings. The van der Waals surface area contributed by atoms with Gasteiger partial charge in [0.15, 0.2) is 0 Å². The van der Waals surface area contributed by atoms with Gasteiger partial charge in [-0.2, -0.15) is 0 Å². The van der Waals surface area contributed by atoms with Gasteiger partial charge in [-0.05, 0) is 31.4 Å².